The van der Waals surface area contributed by atoms with Gasteiger partial charge in [-0.05, 0) is 115 Å². The lowest BCUT2D eigenvalue weighted by Crippen LogP contribution is -2.29. The van der Waals surface area contributed by atoms with Gasteiger partial charge >= 0.3 is 0 Å². The molecule has 0 radical (unpaired) electrons. The van der Waals surface area contributed by atoms with Gasteiger partial charge in [0.15, 0.2) is 5.75 Å². The highest BCUT2D eigenvalue weighted by molar-refractivity contribution is 7.26. The second-order valence-corrected chi connectivity index (χ2v) is 18.1. The molecule has 1 aliphatic heterocycles. The zero-order valence-corrected chi connectivity index (χ0v) is 35.4. The molecule has 64 heavy (non-hydrogen) atoms. The average Bonchev–Trinajstić information content (AvgIpc) is 3.80. The van der Waals surface area contributed by atoms with Gasteiger partial charge < -0.3 is 9.64 Å². The van der Waals surface area contributed by atoms with Crippen LogP contribution in [0.2, 0.25) is 0 Å². The van der Waals surface area contributed by atoms with E-state index in [1.165, 1.54) is 75.8 Å². The first-order valence-electron chi connectivity index (χ1n) is 22.0. The van der Waals surface area contributed by atoms with Crippen LogP contribution >= 0.6 is 11.3 Å². The summed E-state index contributed by atoms with van der Waals surface area (Å²) in [6.07, 6.45) is 0. The Hall–Kier alpha value is -7.98. The van der Waals surface area contributed by atoms with Crippen LogP contribution in [-0.4, -0.2) is 0 Å². The molecule has 1 aromatic heterocycles. The summed E-state index contributed by atoms with van der Waals surface area (Å²) in [5.41, 5.74) is 19.6. The maximum absolute atomic E-state index is 7.18. The molecule has 1 unspecified atom stereocenters. The molecular weight excluding hydrogens is 795 g/mol. The van der Waals surface area contributed by atoms with E-state index in [-0.39, 0.29) is 0 Å². The Bertz CT molecular complexity index is 3730. The second kappa shape index (κ2) is 13.5. The normalized spacial score (nSPS) is 14.8. The van der Waals surface area contributed by atoms with Crippen molar-refractivity contribution in [2.24, 2.45) is 0 Å². The van der Waals surface area contributed by atoms with Crippen molar-refractivity contribution in [1.29, 1.82) is 0 Å². The van der Waals surface area contributed by atoms with Crippen LogP contribution in [0.15, 0.2) is 224 Å². The van der Waals surface area contributed by atoms with E-state index >= 15 is 0 Å². The van der Waals surface area contributed by atoms with Crippen molar-refractivity contribution >= 4 is 48.6 Å². The average molecular weight is 832 g/mol. The zero-order chi connectivity index (χ0) is 41.9. The molecule has 298 valence electrons. The predicted octanol–water partition coefficient (Wildman–Crippen LogP) is 17.0. The molecular formula is C61H37NOS. The maximum atomic E-state index is 7.18. The molecule has 3 aliphatic rings. The number of ether oxygens (including phenoxy) is 1. The van der Waals surface area contributed by atoms with E-state index in [0.717, 1.165) is 50.8 Å². The number of nitrogens with zero attached hydrogens (tertiary/aromatic N) is 1. The van der Waals surface area contributed by atoms with E-state index in [4.69, 9.17) is 4.74 Å². The largest absolute Gasteiger partial charge is 0.454 e. The molecule has 14 rings (SSSR count). The fourth-order valence-electron chi connectivity index (χ4n) is 11.4. The van der Waals surface area contributed by atoms with Crippen molar-refractivity contribution < 1.29 is 4.74 Å². The van der Waals surface area contributed by atoms with Crippen LogP contribution in [0, 0.1) is 0 Å². The number of hydrogen-bond acceptors (Lipinski definition) is 3. The third-order valence-corrected chi connectivity index (χ3v) is 15.0. The maximum Gasteiger partial charge on any atom is 0.159 e. The lowest BCUT2D eigenvalue weighted by Gasteiger charge is -2.36. The fourth-order valence-corrected chi connectivity index (χ4v) is 12.5. The number of anilines is 3. The molecule has 10 aromatic carbocycles. The lowest BCUT2D eigenvalue weighted by atomic mass is 9.65. The highest BCUT2D eigenvalue weighted by atomic mass is 32.1. The van der Waals surface area contributed by atoms with Crippen LogP contribution < -0.4 is 9.64 Å². The highest BCUT2D eigenvalue weighted by Crippen LogP contribution is 2.64. The van der Waals surface area contributed by atoms with E-state index in [1.54, 1.807) is 0 Å². The number of thiophene rings is 1. The molecule has 0 bridgehead atoms. The molecule has 1 atom stereocenters. The molecule has 1 spiro atoms. The Morgan fingerprint density at radius 2 is 0.938 bits per heavy atom. The first-order valence-corrected chi connectivity index (χ1v) is 22.8. The minimum atomic E-state index is -0.658. The van der Waals surface area contributed by atoms with Gasteiger partial charge in [-0.2, -0.15) is 0 Å². The number of fused-ring (bicyclic) bond motifs is 21. The van der Waals surface area contributed by atoms with Crippen LogP contribution in [0.1, 0.15) is 22.3 Å². The monoisotopic (exact) mass is 831 g/mol. The standard InChI is InChI=1S/C61H37NOS/c1-2-17-38(18-3-1)62(54-30-16-27-47-43-22-7-6-21-42(43)46-24-10-14-31-55(46)63-60(47)54)39-33-34-45-41-20-5-4-19-40(41)44-23-8-12-28-50(44)61(53(45)37-39)51-29-13-9-25-48(51)58-52(61)35-36-57-59(58)49-26-11-15-32-56(49)64-57/h1-37H. The van der Waals surface area contributed by atoms with E-state index < -0.39 is 5.41 Å². The van der Waals surface area contributed by atoms with Crippen LogP contribution in [0.3, 0.4) is 0 Å². The fraction of sp³-hybridized carbons (Fsp3) is 0.0164. The number of para-hydroxylation sites is 3. The summed E-state index contributed by atoms with van der Waals surface area (Å²) >= 11 is 1.89. The summed E-state index contributed by atoms with van der Waals surface area (Å²) in [6, 6.07) is 82.8. The molecule has 0 fully saturated rings. The second-order valence-electron chi connectivity index (χ2n) is 17.0. The molecule has 0 N–H and O–H groups in total. The third kappa shape index (κ3) is 4.79. The molecule has 11 aromatic rings. The number of benzene rings is 10. The Balaban J connectivity index is 1.11. The number of hydrogen-bond donors (Lipinski definition) is 0. The van der Waals surface area contributed by atoms with Crippen molar-refractivity contribution in [1.82, 2.24) is 0 Å². The molecule has 0 amide bonds. The van der Waals surface area contributed by atoms with E-state index in [0.29, 0.717) is 0 Å². The molecule has 0 saturated heterocycles. The Labute approximate surface area is 375 Å². The zero-order valence-electron chi connectivity index (χ0n) is 34.6. The van der Waals surface area contributed by atoms with E-state index in [1.807, 2.05) is 11.3 Å². The van der Waals surface area contributed by atoms with Gasteiger partial charge in [-0.25, -0.2) is 0 Å². The van der Waals surface area contributed by atoms with Crippen molar-refractivity contribution in [3.63, 3.8) is 0 Å². The van der Waals surface area contributed by atoms with E-state index in [2.05, 4.69) is 229 Å². The van der Waals surface area contributed by atoms with Crippen LogP contribution in [0.4, 0.5) is 17.1 Å². The van der Waals surface area contributed by atoms with Crippen LogP contribution in [-0.2, 0) is 5.41 Å². The lowest BCUT2D eigenvalue weighted by molar-refractivity contribution is 0.489. The minimum absolute atomic E-state index is 0.658. The molecule has 2 nitrogen and oxygen atoms in total. The predicted molar refractivity (Wildman–Crippen MR) is 267 cm³/mol. The SMILES string of the molecule is c1ccc(N(c2ccc3c(c2)C2(c4ccccc4-c4ccccc4-3)c3ccccc3-c3c2ccc2sc4ccccc4c32)c2cccc3c2Oc2ccccc2-c2ccccc2-3)cc1. The van der Waals surface area contributed by atoms with Gasteiger partial charge in [0, 0.05) is 42.7 Å². The first kappa shape index (κ1) is 35.6. The molecule has 2 aliphatic carbocycles. The summed E-state index contributed by atoms with van der Waals surface area (Å²) in [6.45, 7) is 0. The van der Waals surface area contributed by atoms with Gasteiger partial charge in [0.1, 0.15) is 5.75 Å². The van der Waals surface area contributed by atoms with Crippen molar-refractivity contribution in [2.75, 3.05) is 4.90 Å². The van der Waals surface area contributed by atoms with Gasteiger partial charge in [0.2, 0.25) is 0 Å². The minimum Gasteiger partial charge on any atom is -0.454 e. The van der Waals surface area contributed by atoms with Crippen LogP contribution in [0.25, 0.3) is 75.8 Å². The molecule has 0 saturated carbocycles. The Kier molecular flexibility index (Phi) is 7.51. The van der Waals surface area contributed by atoms with Crippen molar-refractivity contribution in [2.45, 2.75) is 5.41 Å². The van der Waals surface area contributed by atoms with Gasteiger partial charge in [-0.15, -0.1) is 11.3 Å². The Morgan fingerprint density at radius 1 is 0.359 bits per heavy atom. The third-order valence-electron chi connectivity index (χ3n) is 13.9. The van der Waals surface area contributed by atoms with Gasteiger partial charge in [-0.1, -0.05) is 176 Å². The summed E-state index contributed by atoms with van der Waals surface area (Å²) in [5.74, 6) is 1.67. The Morgan fingerprint density at radius 3 is 1.72 bits per heavy atom. The van der Waals surface area contributed by atoms with Crippen LogP contribution in [0.5, 0.6) is 11.5 Å². The van der Waals surface area contributed by atoms with Crippen molar-refractivity contribution in [3.8, 4) is 67.1 Å². The summed E-state index contributed by atoms with van der Waals surface area (Å²) in [4.78, 5) is 2.41. The highest BCUT2D eigenvalue weighted by Gasteiger charge is 2.50. The molecule has 3 heteroatoms. The smallest absolute Gasteiger partial charge is 0.159 e. The summed E-state index contributed by atoms with van der Waals surface area (Å²) in [5, 5.41) is 2.66. The number of rotatable bonds is 3. The first-order chi connectivity index (χ1) is 31.8. The van der Waals surface area contributed by atoms with E-state index in [9.17, 15) is 0 Å². The summed E-state index contributed by atoms with van der Waals surface area (Å²) in [7, 11) is 0. The van der Waals surface area contributed by atoms with Crippen molar-refractivity contribution in [3.05, 3.63) is 247 Å². The van der Waals surface area contributed by atoms with Gasteiger partial charge in [-0.3, -0.25) is 0 Å². The van der Waals surface area contributed by atoms with Gasteiger partial charge in [0.25, 0.3) is 0 Å². The quantitative estimate of drug-likeness (QED) is 0.176. The summed E-state index contributed by atoms with van der Waals surface area (Å²) < 4.78 is 9.81. The topological polar surface area (TPSA) is 12.5 Å². The van der Waals surface area contributed by atoms with Gasteiger partial charge in [0.05, 0.1) is 11.1 Å². The molecule has 2 heterocycles.